The zero-order chi connectivity index (χ0) is 63.7. The number of H-pyrrole nitrogens is 1. The SMILES string of the molecule is CN(C)C/C=C/C(=O)Nc1ccc(C(=O)NC2CCCC(Cc3ncc(Cl)c(-c4c[nH]c5ccccc45)n3)C2)cc1.Nc1ccc(C(=O)NC2CCCC(Cc3ncc(Cl)c(-c4cn(S(=O)(=O)c5ccccc5)c5ccccc45)n3)C2)cc1.O=C(Cl)/C=C/CBr. The molecule has 2 fully saturated rings. The summed E-state index contributed by atoms with van der Waals surface area (Å²) in [6.45, 7) is 0.688. The fourth-order valence-corrected chi connectivity index (χ4v) is 13.2. The second-order valence-corrected chi connectivity index (χ2v) is 26.1. The molecule has 0 saturated heterocycles. The van der Waals surface area contributed by atoms with Crippen LogP contribution in [0.2, 0.25) is 10.0 Å². The maximum atomic E-state index is 13.6. The molecule has 4 aromatic heterocycles. The summed E-state index contributed by atoms with van der Waals surface area (Å²) in [6, 6.07) is 37.8. The number of nitrogens with two attached hydrogens (primary N) is 1. The van der Waals surface area contributed by atoms with Crippen LogP contribution in [0.3, 0.4) is 0 Å². The monoisotopic (exact) mass is 1350 g/mol. The molecule has 6 N–H and O–H groups in total. The molecule has 2 aliphatic rings. The van der Waals surface area contributed by atoms with Crippen LogP contribution in [0.1, 0.15) is 83.7 Å². The van der Waals surface area contributed by atoms with E-state index in [4.69, 9.17) is 50.5 Å². The Morgan fingerprint density at radius 1 is 0.689 bits per heavy atom. The number of para-hydroxylation sites is 2. The highest BCUT2D eigenvalue weighted by Crippen LogP contribution is 2.37. The van der Waals surface area contributed by atoms with Gasteiger partial charge in [0, 0.05) is 118 Å². The molecule has 11 rings (SSSR count). The number of carbonyl (C=O) groups is 4. The second-order valence-electron chi connectivity index (χ2n) is 22.4. The van der Waals surface area contributed by atoms with E-state index in [1.807, 2.05) is 61.6 Å². The van der Waals surface area contributed by atoms with Crippen LogP contribution in [-0.4, -0.2) is 103 Å². The molecule has 5 aromatic carbocycles. The van der Waals surface area contributed by atoms with Gasteiger partial charge in [-0.15, -0.1) is 0 Å². The Morgan fingerprint density at radius 3 is 1.80 bits per heavy atom. The van der Waals surface area contributed by atoms with Gasteiger partial charge in [-0.3, -0.25) is 19.2 Å². The highest BCUT2D eigenvalue weighted by molar-refractivity contribution is 9.09. The number of allylic oxidation sites excluding steroid dienone is 2. The minimum absolute atomic E-state index is 0.0572. The van der Waals surface area contributed by atoms with Crippen molar-refractivity contribution in [3.05, 3.63) is 209 Å². The Balaban J connectivity index is 0.000000193. The summed E-state index contributed by atoms with van der Waals surface area (Å²) in [7, 11) is 0.0327. The molecule has 9 aromatic rings. The lowest BCUT2D eigenvalue weighted by molar-refractivity contribution is -0.112. The third-order valence-electron chi connectivity index (χ3n) is 15.5. The third-order valence-corrected chi connectivity index (χ3v) is 18.3. The van der Waals surface area contributed by atoms with E-state index < -0.39 is 15.3 Å². The predicted molar refractivity (Wildman–Crippen MR) is 363 cm³/mol. The van der Waals surface area contributed by atoms with Crippen molar-refractivity contribution in [3.63, 3.8) is 0 Å². The number of anilines is 2. The molecule has 2 aliphatic carbocycles. The Bertz CT molecular complexity index is 4150. The van der Waals surface area contributed by atoms with E-state index in [9.17, 15) is 27.6 Å². The van der Waals surface area contributed by atoms with Gasteiger partial charge in [-0.05, 0) is 155 Å². The van der Waals surface area contributed by atoms with Gasteiger partial charge in [-0.1, -0.05) is 119 Å². The number of aromatic nitrogens is 6. The minimum Gasteiger partial charge on any atom is -0.399 e. The summed E-state index contributed by atoms with van der Waals surface area (Å²) in [5, 5.41) is 12.1. The number of nitrogens with zero attached hydrogens (tertiary/aromatic N) is 6. The first-order valence-corrected chi connectivity index (χ1v) is 33.2. The molecule has 4 atom stereocenters. The quantitative estimate of drug-likeness (QED) is 0.0233. The van der Waals surface area contributed by atoms with Crippen LogP contribution < -0.4 is 21.7 Å². The summed E-state index contributed by atoms with van der Waals surface area (Å²) >= 11 is 21.1. The van der Waals surface area contributed by atoms with E-state index in [-0.39, 0.29) is 40.6 Å². The van der Waals surface area contributed by atoms with Crippen LogP contribution in [0.15, 0.2) is 181 Å². The number of hydrogen-bond acceptors (Lipinski definition) is 12. The number of halogens is 4. The Labute approximate surface area is 547 Å². The summed E-state index contributed by atoms with van der Waals surface area (Å²) in [6.07, 6.45) is 22.1. The summed E-state index contributed by atoms with van der Waals surface area (Å²) < 4.78 is 28.5. The van der Waals surface area contributed by atoms with E-state index in [1.165, 1.54) is 16.1 Å². The van der Waals surface area contributed by atoms with Crippen molar-refractivity contribution in [2.45, 2.75) is 81.2 Å². The van der Waals surface area contributed by atoms with Crippen LogP contribution in [-0.2, 0) is 32.5 Å². The standard InChI is InChI=1S/C32H35ClN6O2.C32H30ClN5O3S.C4H4BrClO/c1-39(2)16-6-11-30(40)36-23-14-12-22(13-15-23)32(41)37-24-8-5-7-21(17-24)18-29-35-20-27(33)31(38-29)26-19-34-28-10-4-3-9-25(26)28;33-28-19-35-30(18-21-7-6-8-24(17-21)36-32(39)22-13-15-23(34)16-14-22)37-31(28)27-20-38(29-12-5-4-11-26(27)29)42(40,41)25-9-2-1-3-10-25;5-3-1-2-4(6)7/h3-4,6,9-15,19-21,24,34H,5,7-8,16-18H2,1-2H3,(H,36,40)(H,37,41);1-5,9-16,19-21,24H,6-8,17-18,34H2,(H,36,39);1-2H,3H2/b11-6+;;2-1+. The predicted octanol–water partition coefficient (Wildman–Crippen LogP) is 13.7. The topological polar surface area (TPSA) is 240 Å². The van der Waals surface area contributed by atoms with Crippen molar-refractivity contribution in [1.29, 1.82) is 0 Å². The van der Waals surface area contributed by atoms with E-state index >= 15 is 0 Å². The van der Waals surface area contributed by atoms with Crippen molar-refractivity contribution in [3.8, 4) is 22.5 Å². The molecule has 4 heterocycles. The number of aromatic amines is 1. The zero-order valence-corrected chi connectivity index (χ0v) is 54.3. The van der Waals surface area contributed by atoms with Gasteiger partial charge in [0.2, 0.25) is 11.1 Å². The van der Waals surface area contributed by atoms with Crippen LogP contribution in [0.25, 0.3) is 44.3 Å². The van der Waals surface area contributed by atoms with Crippen molar-refractivity contribution in [2.75, 3.05) is 37.0 Å². The number of carbonyl (C=O) groups excluding carboxylic acids is 4. The number of benzene rings is 5. The number of rotatable bonds is 18. The molecule has 90 heavy (non-hydrogen) atoms. The smallest absolute Gasteiger partial charge is 0.268 e. The van der Waals surface area contributed by atoms with Gasteiger partial charge in [-0.25, -0.2) is 32.3 Å². The molecular formula is C68H69BrCl3N11O6S. The molecule has 3 amide bonds. The van der Waals surface area contributed by atoms with Gasteiger partial charge in [-0.2, -0.15) is 0 Å². The first-order chi connectivity index (χ1) is 43.4. The molecule has 22 heteroatoms. The van der Waals surface area contributed by atoms with Gasteiger partial charge < -0.3 is 31.6 Å². The van der Waals surface area contributed by atoms with Gasteiger partial charge in [0.15, 0.2) is 0 Å². The Kier molecular flexibility index (Phi) is 23.3. The lowest BCUT2D eigenvalue weighted by atomic mass is 9.83. The lowest BCUT2D eigenvalue weighted by Crippen LogP contribution is -2.38. The number of nitrogens with one attached hydrogen (secondary N) is 4. The number of nitrogen functional groups attached to an aromatic ring is 1. The van der Waals surface area contributed by atoms with Gasteiger partial charge in [0.1, 0.15) is 11.6 Å². The maximum absolute atomic E-state index is 13.6. The van der Waals surface area contributed by atoms with Gasteiger partial charge in [0.25, 0.3) is 21.8 Å². The normalized spacial score (nSPS) is 16.7. The van der Waals surface area contributed by atoms with E-state index in [2.05, 4.69) is 52.9 Å². The number of fused-ring (bicyclic) bond motifs is 2. The van der Waals surface area contributed by atoms with Crippen LogP contribution in [0, 0.1) is 11.8 Å². The Morgan fingerprint density at radius 2 is 1.23 bits per heavy atom. The first-order valence-electron chi connectivity index (χ1n) is 29.5. The summed E-state index contributed by atoms with van der Waals surface area (Å²) in [4.78, 5) is 71.9. The van der Waals surface area contributed by atoms with Crippen LogP contribution in [0.4, 0.5) is 11.4 Å². The minimum atomic E-state index is -3.85. The Hall–Kier alpha value is -8.04. The highest BCUT2D eigenvalue weighted by atomic mass is 79.9. The van der Waals surface area contributed by atoms with Crippen LogP contribution >= 0.6 is 50.7 Å². The average molecular weight is 1350 g/mol. The van der Waals surface area contributed by atoms with E-state index in [0.717, 1.165) is 91.2 Å². The molecule has 0 spiro atoms. The van der Waals surface area contributed by atoms with Crippen molar-refractivity contribution in [2.24, 2.45) is 11.8 Å². The molecule has 466 valence electrons. The maximum Gasteiger partial charge on any atom is 0.268 e. The molecule has 0 bridgehead atoms. The first kappa shape index (κ1) is 66.4. The highest BCUT2D eigenvalue weighted by Gasteiger charge is 2.28. The number of alkyl halides is 1. The summed E-state index contributed by atoms with van der Waals surface area (Å²) in [5.74, 6) is 1.63. The third kappa shape index (κ3) is 17.9. The number of hydrogen-bond donors (Lipinski definition) is 5. The van der Waals surface area contributed by atoms with Crippen molar-refractivity contribution >= 4 is 117 Å². The number of likely N-dealkylation sites (N-methyl/N-ethyl adjacent to an activating group) is 1. The molecule has 17 nitrogen and oxygen atoms in total. The van der Waals surface area contributed by atoms with Gasteiger partial charge >= 0.3 is 0 Å². The second kappa shape index (κ2) is 31.6. The van der Waals surface area contributed by atoms with Crippen molar-refractivity contribution in [1.82, 2.24) is 44.4 Å². The molecule has 0 radical (unpaired) electrons. The molecule has 2 saturated carbocycles. The molecule has 0 aliphatic heterocycles. The van der Waals surface area contributed by atoms with Crippen molar-refractivity contribution < 1.29 is 27.6 Å². The fourth-order valence-electron chi connectivity index (χ4n) is 11.2. The average Bonchev–Trinajstić information content (AvgIpc) is 1.86. The van der Waals surface area contributed by atoms with Gasteiger partial charge in [0.05, 0.1) is 31.8 Å². The van der Waals surface area contributed by atoms with Crippen LogP contribution in [0.5, 0.6) is 0 Å². The zero-order valence-electron chi connectivity index (χ0n) is 49.7. The number of amides is 3. The largest absolute Gasteiger partial charge is 0.399 e. The molecule has 4 unspecified atom stereocenters. The van der Waals surface area contributed by atoms with E-state index in [1.54, 1.807) is 116 Å². The fraction of sp³-hybridized carbons (Fsp3) is 0.265. The molecular weight excluding hydrogens is 1290 g/mol. The summed E-state index contributed by atoms with van der Waals surface area (Å²) in [5.41, 5.74) is 12.6. The lowest BCUT2D eigenvalue weighted by Gasteiger charge is -2.29. The van der Waals surface area contributed by atoms with E-state index in [0.29, 0.717) is 79.4 Å².